The van der Waals surface area contributed by atoms with Gasteiger partial charge in [-0.2, -0.15) is 0 Å². The molecule has 0 spiro atoms. The molecule has 1 atom stereocenters. The standard InChI is InChI=1S/C11H17N3O.2ClH/c1-7(2)10(12)11(15)14-9-4-5-13-6-8(9)3;;/h4-7,10H,12H2,1-3H3,(H,13,14,15);2*1H/t10-;;/m0../s1. The highest BCUT2D eigenvalue weighted by Crippen LogP contribution is 2.12. The maximum atomic E-state index is 11.6. The van der Waals surface area contributed by atoms with Crippen LogP contribution in [0.3, 0.4) is 0 Å². The largest absolute Gasteiger partial charge is 0.324 e. The molecule has 1 amide bonds. The summed E-state index contributed by atoms with van der Waals surface area (Å²) in [6, 6.07) is 1.29. The van der Waals surface area contributed by atoms with Crippen molar-refractivity contribution in [2.75, 3.05) is 5.32 Å². The number of pyridine rings is 1. The van der Waals surface area contributed by atoms with Crippen molar-refractivity contribution in [3.05, 3.63) is 24.0 Å². The van der Waals surface area contributed by atoms with Crippen LogP contribution in [0.1, 0.15) is 19.4 Å². The minimum absolute atomic E-state index is 0. The first-order valence-corrected chi connectivity index (χ1v) is 4.99. The van der Waals surface area contributed by atoms with Gasteiger partial charge >= 0.3 is 0 Å². The lowest BCUT2D eigenvalue weighted by molar-refractivity contribution is -0.118. The van der Waals surface area contributed by atoms with Crippen LogP contribution in [-0.2, 0) is 4.79 Å². The summed E-state index contributed by atoms with van der Waals surface area (Å²) in [7, 11) is 0. The Morgan fingerprint density at radius 2 is 2.00 bits per heavy atom. The second kappa shape index (κ2) is 8.28. The fraction of sp³-hybridized carbons (Fsp3) is 0.455. The van der Waals surface area contributed by atoms with Gasteiger partial charge in [0.1, 0.15) is 0 Å². The van der Waals surface area contributed by atoms with Crippen molar-refractivity contribution in [3.8, 4) is 0 Å². The molecule has 1 rings (SSSR count). The third-order valence-corrected chi connectivity index (χ3v) is 2.30. The molecule has 0 aliphatic heterocycles. The van der Waals surface area contributed by atoms with Gasteiger partial charge in [-0.3, -0.25) is 9.78 Å². The van der Waals surface area contributed by atoms with Gasteiger partial charge in [0.2, 0.25) is 5.91 Å². The molecule has 0 bridgehead atoms. The summed E-state index contributed by atoms with van der Waals surface area (Å²) in [6.07, 6.45) is 3.35. The number of hydrogen-bond donors (Lipinski definition) is 2. The minimum atomic E-state index is -0.474. The van der Waals surface area contributed by atoms with Gasteiger partial charge < -0.3 is 11.1 Å². The van der Waals surface area contributed by atoms with Crippen molar-refractivity contribution in [3.63, 3.8) is 0 Å². The molecule has 0 radical (unpaired) electrons. The highest BCUT2D eigenvalue weighted by molar-refractivity contribution is 5.95. The van der Waals surface area contributed by atoms with Crippen LogP contribution in [0.5, 0.6) is 0 Å². The van der Waals surface area contributed by atoms with Crippen LogP contribution in [0.4, 0.5) is 5.69 Å². The maximum Gasteiger partial charge on any atom is 0.241 e. The fourth-order valence-corrected chi connectivity index (χ4v) is 1.13. The van der Waals surface area contributed by atoms with Gasteiger partial charge in [-0.25, -0.2) is 0 Å². The van der Waals surface area contributed by atoms with Gasteiger partial charge in [0.15, 0.2) is 0 Å². The van der Waals surface area contributed by atoms with Gasteiger partial charge in [0.05, 0.1) is 6.04 Å². The quantitative estimate of drug-likeness (QED) is 0.891. The zero-order chi connectivity index (χ0) is 11.4. The number of nitrogens with zero attached hydrogens (tertiary/aromatic N) is 1. The molecule has 0 fully saturated rings. The molecule has 3 N–H and O–H groups in total. The Kier molecular flexibility index (Phi) is 9.02. The van der Waals surface area contributed by atoms with E-state index in [-0.39, 0.29) is 36.6 Å². The Hall–Kier alpha value is -0.840. The number of carbonyl (C=O) groups excluding carboxylic acids is 1. The summed E-state index contributed by atoms with van der Waals surface area (Å²) >= 11 is 0. The number of aryl methyl sites for hydroxylation is 1. The van der Waals surface area contributed by atoms with E-state index in [2.05, 4.69) is 10.3 Å². The number of carbonyl (C=O) groups is 1. The van der Waals surface area contributed by atoms with Gasteiger partial charge in [0, 0.05) is 18.1 Å². The SMILES string of the molecule is Cc1cnccc1NC(=O)[C@@H](N)C(C)C.Cl.Cl. The molecule has 6 heteroatoms. The third kappa shape index (κ3) is 5.35. The second-order valence-electron chi connectivity index (χ2n) is 3.95. The van der Waals surface area contributed by atoms with E-state index < -0.39 is 6.04 Å². The van der Waals surface area contributed by atoms with E-state index in [9.17, 15) is 4.79 Å². The Labute approximate surface area is 114 Å². The lowest BCUT2D eigenvalue weighted by Gasteiger charge is -2.16. The average Bonchev–Trinajstić information content (AvgIpc) is 2.20. The lowest BCUT2D eigenvalue weighted by Crippen LogP contribution is -2.39. The van der Waals surface area contributed by atoms with Crippen molar-refractivity contribution in [2.24, 2.45) is 11.7 Å². The molecule has 1 heterocycles. The van der Waals surface area contributed by atoms with Crippen molar-refractivity contribution in [2.45, 2.75) is 26.8 Å². The summed E-state index contributed by atoms with van der Waals surface area (Å²) in [5.41, 5.74) is 7.43. The summed E-state index contributed by atoms with van der Waals surface area (Å²) in [6.45, 7) is 5.73. The van der Waals surface area contributed by atoms with Gasteiger partial charge in [-0.1, -0.05) is 13.8 Å². The highest BCUT2D eigenvalue weighted by Gasteiger charge is 2.17. The Morgan fingerprint density at radius 1 is 1.41 bits per heavy atom. The molecule has 0 aromatic carbocycles. The van der Waals surface area contributed by atoms with Gasteiger partial charge in [-0.15, -0.1) is 24.8 Å². The van der Waals surface area contributed by atoms with Crippen LogP contribution in [0.15, 0.2) is 18.5 Å². The lowest BCUT2D eigenvalue weighted by atomic mass is 10.0. The Balaban J connectivity index is 0. The van der Waals surface area contributed by atoms with Crippen LogP contribution in [0.2, 0.25) is 0 Å². The molecule has 17 heavy (non-hydrogen) atoms. The minimum Gasteiger partial charge on any atom is -0.324 e. The molecule has 1 aromatic heterocycles. The second-order valence-corrected chi connectivity index (χ2v) is 3.95. The summed E-state index contributed by atoms with van der Waals surface area (Å²) in [4.78, 5) is 15.6. The van der Waals surface area contributed by atoms with E-state index in [1.165, 1.54) is 0 Å². The van der Waals surface area contributed by atoms with Crippen LogP contribution in [-0.4, -0.2) is 16.9 Å². The van der Waals surface area contributed by atoms with E-state index >= 15 is 0 Å². The average molecular weight is 280 g/mol. The number of nitrogens with two attached hydrogens (primary N) is 1. The monoisotopic (exact) mass is 279 g/mol. The summed E-state index contributed by atoms with van der Waals surface area (Å²) in [5.74, 6) is -0.0218. The maximum absolute atomic E-state index is 11.6. The summed E-state index contributed by atoms with van der Waals surface area (Å²) < 4.78 is 0. The number of amides is 1. The number of nitrogens with one attached hydrogen (secondary N) is 1. The van der Waals surface area contributed by atoms with Crippen LogP contribution >= 0.6 is 24.8 Å². The molecular formula is C11H19Cl2N3O. The van der Waals surface area contributed by atoms with Crippen molar-refractivity contribution >= 4 is 36.4 Å². The number of hydrogen-bond acceptors (Lipinski definition) is 3. The highest BCUT2D eigenvalue weighted by atomic mass is 35.5. The molecule has 0 saturated carbocycles. The normalized spacial score (nSPS) is 11.1. The van der Waals surface area contributed by atoms with Crippen LogP contribution in [0.25, 0.3) is 0 Å². The molecule has 0 saturated heterocycles. The number of rotatable bonds is 3. The number of aromatic nitrogens is 1. The predicted molar refractivity (Wildman–Crippen MR) is 74.9 cm³/mol. The molecule has 0 unspecified atom stereocenters. The third-order valence-electron chi connectivity index (χ3n) is 2.30. The van der Waals surface area contributed by atoms with E-state index in [0.29, 0.717) is 0 Å². The smallest absolute Gasteiger partial charge is 0.241 e. The number of halogens is 2. The predicted octanol–water partition coefficient (Wildman–Crippen LogP) is 2.16. The zero-order valence-corrected chi connectivity index (χ0v) is 11.8. The van der Waals surface area contributed by atoms with Crippen molar-refractivity contribution in [1.82, 2.24) is 4.98 Å². The van der Waals surface area contributed by atoms with Crippen LogP contribution < -0.4 is 11.1 Å². The van der Waals surface area contributed by atoms with Crippen LogP contribution in [0, 0.1) is 12.8 Å². The molecule has 4 nitrogen and oxygen atoms in total. The first-order valence-electron chi connectivity index (χ1n) is 4.99. The van der Waals surface area contributed by atoms with Gasteiger partial charge in [-0.05, 0) is 24.5 Å². The topological polar surface area (TPSA) is 68.0 Å². The van der Waals surface area contributed by atoms with Crippen molar-refractivity contribution in [1.29, 1.82) is 0 Å². The zero-order valence-electron chi connectivity index (χ0n) is 10.1. The van der Waals surface area contributed by atoms with E-state index in [1.54, 1.807) is 18.5 Å². The molecule has 1 aromatic rings. The Bertz CT molecular complexity index is 358. The molecule has 98 valence electrons. The first kappa shape index (κ1) is 18.5. The first-order chi connectivity index (χ1) is 7.02. The number of anilines is 1. The molecule has 0 aliphatic rings. The van der Waals surface area contributed by atoms with E-state index in [4.69, 9.17) is 5.73 Å². The Morgan fingerprint density at radius 3 is 2.47 bits per heavy atom. The molecular weight excluding hydrogens is 261 g/mol. The van der Waals surface area contributed by atoms with Gasteiger partial charge in [0.25, 0.3) is 0 Å². The fourth-order valence-electron chi connectivity index (χ4n) is 1.13. The summed E-state index contributed by atoms with van der Waals surface area (Å²) in [5, 5.41) is 2.79. The van der Waals surface area contributed by atoms with E-state index in [1.807, 2.05) is 20.8 Å². The van der Waals surface area contributed by atoms with E-state index in [0.717, 1.165) is 11.3 Å². The molecule has 0 aliphatic carbocycles. The van der Waals surface area contributed by atoms with Crippen molar-refractivity contribution < 1.29 is 4.79 Å².